The van der Waals surface area contributed by atoms with Crippen LogP contribution in [-0.2, 0) is 13.6 Å². The third-order valence-electron chi connectivity index (χ3n) is 3.86. The predicted molar refractivity (Wildman–Crippen MR) is 123 cm³/mol. The van der Waals surface area contributed by atoms with Gasteiger partial charge < -0.3 is 20.1 Å². The number of rotatable bonds is 7. The molecular weight excluding hydrogens is 527 g/mol. The number of non-ortho nitro benzene ring substituents is 1. The van der Waals surface area contributed by atoms with E-state index in [4.69, 9.17) is 0 Å². The zero-order chi connectivity index (χ0) is 19.1. The number of nitro benzene ring substituents is 1. The lowest BCUT2D eigenvalue weighted by atomic mass is 10.3. The molecule has 0 saturated carbocycles. The summed E-state index contributed by atoms with van der Waals surface area (Å²) in [6.07, 6.45) is 2.02. The Kier molecular flexibility index (Phi) is 9.56. The number of aliphatic imine (C=N–C) groups is 1. The summed E-state index contributed by atoms with van der Waals surface area (Å²) in [6.45, 7) is 2.07. The molecule has 0 bridgehead atoms. The Morgan fingerprint density at radius 3 is 2.52 bits per heavy atom. The summed E-state index contributed by atoms with van der Waals surface area (Å²) in [5, 5.41) is 17.2. The number of nitro groups is 1. The van der Waals surface area contributed by atoms with Gasteiger partial charge in [-0.15, -0.1) is 24.0 Å². The highest BCUT2D eigenvalue weighted by atomic mass is 127. The maximum absolute atomic E-state index is 10.7. The monoisotopic (exact) mass is 550 g/mol. The molecule has 2 N–H and O–H groups in total. The van der Waals surface area contributed by atoms with Gasteiger partial charge in [0, 0.05) is 68.4 Å². The van der Waals surface area contributed by atoms with Crippen LogP contribution in [0.3, 0.4) is 0 Å². The Balaban J connectivity index is 0.00000364. The zero-order valence-electron chi connectivity index (χ0n) is 15.5. The molecule has 1 aromatic heterocycles. The number of guanidine groups is 1. The summed E-state index contributed by atoms with van der Waals surface area (Å²) < 4.78 is 3.13. The molecule has 0 aliphatic rings. The fraction of sp³-hybridized carbons (Fsp3) is 0.353. The average molecular weight is 551 g/mol. The summed E-state index contributed by atoms with van der Waals surface area (Å²) in [5.41, 5.74) is 2.10. The third-order valence-corrected chi connectivity index (χ3v) is 4.30. The van der Waals surface area contributed by atoms with Crippen LogP contribution in [0, 0.1) is 10.1 Å². The van der Waals surface area contributed by atoms with E-state index >= 15 is 0 Å². The van der Waals surface area contributed by atoms with Gasteiger partial charge in [0.2, 0.25) is 0 Å². The molecule has 0 atom stereocenters. The Labute approximate surface area is 184 Å². The van der Waals surface area contributed by atoms with E-state index in [-0.39, 0.29) is 29.7 Å². The van der Waals surface area contributed by atoms with Crippen LogP contribution in [0.1, 0.15) is 5.69 Å². The number of anilines is 1. The van der Waals surface area contributed by atoms with Gasteiger partial charge in [-0.05, 0) is 34.1 Å². The second-order valence-electron chi connectivity index (χ2n) is 5.82. The van der Waals surface area contributed by atoms with Crippen LogP contribution < -0.4 is 10.6 Å². The molecule has 1 aromatic carbocycles. The summed E-state index contributed by atoms with van der Waals surface area (Å²) in [5.74, 6) is 0.799. The lowest BCUT2D eigenvalue weighted by Crippen LogP contribution is -2.40. The maximum atomic E-state index is 10.7. The molecule has 0 aliphatic carbocycles. The van der Waals surface area contributed by atoms with Crippen molar-refractivity contribution in [1.82, 2.24) is 14.8 Å². The quantitative estimate of drug-likeness (QED) is 0.138. The van der Waals surface area contributed by atoms with Crippen molar-refractivity contribution in [2.24, 2.45) is 12.0 Å². The van der Waals surface area contributed by atoms with Crippen molar-refractivity contribution in [3.8, 4) is 0 Å². The van der Waals surface area contributed by atoms with E-state index in [1.165, 1.54) is 17.8 Å². The molecule has 2 rings (SSSR count). The van der Waals surface area contributed by atoms with Crippen molar-refractivity contribution in [1.29, 1.82) is 0 Å². The molecule has 148 valence electrons. The first kappa shape index (κ1) is 23.2. The van der Waals surface area contributed by atoms with E-state index in [1.54, 1.807) is 19.2 Å². The van der Waals surface area contributed by atoms with E-state index < -0.39 is 4.92 Å². The Morgan fingerprint density at radius 2 is 2.00 bits per heavy atom. The van der Waals surface area contributed by atoms with Gasteiger partial charge in [0.05, 0.1) is 11.5 Å². The normalized spacial score (nSPS) is 10.9. The molecule has 8 nitrogen and oxygen atoms in total. The highest BCUT2D eigenvalue weighted by molar-refractivity contribution is 14.0. The number of nitrogens with zero attached hydrogens (tertiary/aromatic N) is 4. The first-order valence-corrected chi connectivity index (χ1v) is 8.91. The van der Waals surface area contributed by atoms with Crippen molar-refractivity contribution >= 4 is 57.2 Å². The molecule has 0 aliphatic heterocycles. The number of aryl methyl sites for hydroxylation is 1. The lowest BCUT2D eigenvalue weighted by Gasteiger charge is -2.22. The lowest BCUT2D eigenvalue weighted by molar-refractivity contribution is -0.384. The summed E-state index contributed by atoms with van der Waals surface area (Å²) in [7, 11) is 5.75. The molecular formula is C17H24BrIN6O2. The van der Waals surface area contributed by atoms with Gasteiger partial charge in [0.15, 0.2) is 5.96 Å². The van der Waals surface area contributed by atoms with Gasteiger partial charge in [0.25, 0.3) is 5.69 Å². The topological polar surface area (TPSA) is 87.7 Å². The fourth-order valence-corrected chi connectivity index (χ4v) is 3.08. The standard InChI is InChI=1S/C17H23BrN6O2.HI/c1-19-17(23(3)12-16-10-13(18)11-22(16)2)21-9-8-20-14-4-6-15(7-5-14)24(25)26;/h4-7,10-11,20H,8-9,12H2,1-3H3,(H,19,21);1H. The minimum atomic E-state index is -0.406. The number of benzene rings is 1. The molecule has 0 spiro atoms. The smallest absolute Gasteiger partial charge is 0.269 e. The Morgan fingerprint density at radius 1 is 1.33 bits per heavy atom. The minimum Gasteiger partial charge on any atom is -0.383 e. The van der Waals surface area contributed by atoms with Crippen LogP contribution >= 0.6 is 39.9 Å². The van der Waals surface area contributed by atoms with Crippen LogP contribution in [0.2, 0.25) is 0 Å². The second-order valence-corrected chi connectivity index (χ2v) is 6.74. The maximum Gasteiger partial charge on any atom is 0.269 e. The fourth-order valence-electron chi connectivity index (χ4n) is 2.51. The van der Waals surface area contributed by atoms with Crippen LogP contribution in [0.4, 0.5) is 11.4 Å². The number of halogens is 2. The van der Waals surface area contributed by atoms with E-state index in [0.29, 0.717) is 13.1 Å². The molecule has 10 heteroatoms. The second kappa shape index (κ2) is 11.1. The predicted octanol–water partition coefficient (Wildman–Crippen LogP) is 3.43. The third kappa shape index (κ3) is 7.01. The van der Waals surface area contributed by atoms with Crippen molar-refractivity contribution in [2.75, 3.05) is 32.5 Å². The van der Waals surface area contributed by atoms with Crippen molar-refractivity contribution < 1.29 is 4.92 Å². The summed E-state index contributed by atoms with van der Waals surface area (Å²) in [6, 6.07) is 8.46. The number of nitrogens with one attached hydrogen (secondary N) is 2. The largest absolute Gasteiger partial charge is 0.383 e. The van der Waals surface area contributed by atoms with Crippen LogP contribution in [0.5, 0.6) is 0 Å². The molecule has 0 unspecified atom stereocenters. The SMILES string of the molecule is CN=C(NCCNc1ccc([N+](=O)[O-])cc1)N(C)Cc1cc(Br)cn1C.I. The first-order valence-electron chi connectivity index (χ1n) is 8.11. The van der Waals surface area contributed by atoms with Gasteiger partial charge in [0.1, 0.15) is 0 Å². The molecule has 2 aromatic rings. The minimum absolute atomic E-state index is 0. The van der Waals surface area contributed by atoms with Gasteiger partial charge in [-0.1, -0.05) is 0 Å². The molecule has 0 radical (unpaired) electrons. The van der Waals surface area contributed by atoms with Gasteiger partial charge in [-0.2, -0.15) is 0 Å². The molecule has 0 amide bonds. The van der Waals surface area contributed by atoms with E-state index in [2.05, 4.69) is 42.2 Å². The average Bonchev–Trinajstić information content (AvgIpc) is 2.92. The highest BCUT2D eigenvalue weighted by Crippen LogP contribution is 2.15. The van der Waals surface area contributed by atoms with E-state index in [0.717, 1.165) is 22.7 Å². The van der Waals surface area contributed by atoms with E-state index in [9.17, 15) is 10.1 Å². The number of hydrogen-bond acceptors (Lipinski definition) is 4. The zero-order valence-corrected chi connectivity index (χ0v) is 19.4. The molecule has 27 heavy (non-hydrogen) atoms. The molecule has 0 fully saturated rings. The van der Waals surface area contributed by atoms with Crippen molar-refractivity contribution in [3.63, 3.8) is 0 Å². The van der Waals surface area contributed by atoms with E-state index in [1.807, 2.05) is 25.2 Å². The van der Waals surface area contributed by atoms with Crippen molar-refractivity contribution in [2.45, 2.75) is 6.54 Å². The molecule has 1 heterocycles. The Hall–Kier alpha value is -1.82. The van der Waals surface area contributed by atoms with Crippen molar-refractivity contribution in [3.05, 3.63) is 56.8 Å². The van der Waals surface area contributed by atoms with Gasteiger partial charge in [-0.3, -0.25) is 15.1 Å². The van der Waals surface area contributed by atoms with Crippen LogP contribution in [0.25, 0.3) is 0 Å². The number of hydrogen-bond donors (Lipinski definition) is 2. The summed E-state index contributed by atoms with van der Waals surface area (Å²) >= 11 is 3.48. The molecule has 0 saturated heterocycles. The van der Waals surface area contributed by atoms with Crippen LogP contribution in [0.15, 0.2) is 46.0 Å². The first-order chi connectivity index (χ1) is 12.4. The van der Waals surface area contributed by atoms with Gasteiger partial charge in [-0.25, -0.2) is 0 Å². The summed E-state index contributed by atoms with van der Waals surface area (Å²) in [4.78, 5) is 16.6. The van der Waals surface area contributed by atoms with Crippen LogP contribution in [-0.4, -0.2) is 47.5 Å². The highest BCUT2D eigenvalue weighted by Gasteiger charge is 2.09. The Bertz CT molecular complexity index is 778. The van der Waals surface area contributed by atoms with Gasteiger partial charge >= 0.3 is 0 Å². The number of aromatic nitrogens is 1.